The quantitative estimate of drug-likeness (QED) is 0.197. The predicted octanol–water partition coefficient (Wildman–Crippen LogP) is 9.99. The zero-order valence-electron chi connectivity index (χ0n) is 23.4. The molecular weight excluding hydrogens is 540 g/mol. The molecule has 0 fully saturated rings. The third-order valence-electron chi connectivity index (χ3n) is 8.86. The van der Waals surface area contributed by atoms with E-state index in [4.69, 9.17) is 14.4 Å². The van der Waals surface area contributed by atoms with Crippen LogP contribution in [-0.4, -0.2) is 19.5 Å². The van der Waals surface area contributed by atoms with E-state index in [1.54, 1.807) is 6.20 Å². The maximum Gasteiger partial charge on any atom is 0.235 e. The van der Waals surface area contributed by atoms with Crippen LogP contribution in [0.4, 0.5) is 0 Å². The van der Waals surface area contributed by atoms with E-state index in [0.717, 1.165) is 82.1 Å². The average molecular weight is 563 g/mol. The van der Waals surface area contributed by atoms with Gasteiger partial charge in [-0.1, -0.05) is 72.8 Å². The van der Waals surface area contributed by atoms with Crippen LogP contribution < -0.4 is 0 Å². The summed E-state index contributed by atoms with van der Waals surface area (Å²) in [6, 6.07) is 42.3. The summed E-state index contributed by atoms with van der Waals surface area (Å²) in [6.45, 7) is 0. The van der Waals surface area contributed by atoms with E-state index in [9.17, 15) is 0 Å². The van der Waals surface area contributed by atoms with Gasteiger partial charge in [0, 0.05) is 50.3 Å². The molecule has 0 spiro atoms. The molecule has 0 amide bonds. The van der Waals surface area contributed by atoms with Crippen LogP contribution in [0.1, 0.15) is 0 Å². The smallest absolute Gasteiger partial charge is 0.235 e. The van der Waals surface area contributed by atoms with Gasteiger partial charge in [-0.05, 0) is 64.7 Å². The van der Waals surface area contributed by atoms with Crippen LogP contribution in [-0.2, 0) is 0 Å². The molecule has 10 aromatic rings. The average Bonchev–Trinajstić information content (AvgIpc) is 3.63. The van der Waals surface area contributed by atoms with Crippen molar-refractivity contribution < 1.29 is 4.42 Å². The zero-order valence-corrected chi connectivity index (χ0v) is 23.4. The Morgan fingerprint density at radius 1 is 0.523 bits per heavy atom. The summed E-state index contributed by atoms with van der Waals surface area (Å²) in [4.78, 5) is 15.1. The van der Waals surface area contributed by atoms with E-state index < -0.39 is 0 Å². The van der Waals surface area contributed by atoms with Gasteiger partial charge in [0.25, 0.3) is 0 Å². The molecule has 0 N–H and O–H groups in total. The first-order chi connectivity index (χ1) is 21.8. The summed E-state index contributed by atoms with van der Waals surface area (Å²) < 4.78 is 8.48. The molecular formula is C39H22N4O. The van der Waals surface area contributed by atoms with Crippen LogP contribution >= 0.6 is 0 Å². The summed E-state index contributed by atoms with van der Waals surface area (Å²) in [5.74, 6) is 0.627. The van der Waals surface area contributed by atoms with Crippen LogP contribution in [0.15, 0.2) is 138 Å². The molecule has 0 saturated carbocycles. The maximum atomic E-state index is 6.26. The fraction of sp³-hybridized carbons (Fsp3) is 0. The van der Waals surface area contributed by atoms with Crippen molar-refractivity contribution in [2.24, 2.45) is 0 Å². The molecule has 0 unspecified atom stereocenters. The second-order valence-corrected chi connectivity index (χ2v) is 11.3. The SMILES string of the molecule is c1cncc(-c2nc(-n3c4ccccc4c4cc5ccc6oc7ccccc7c6c5cc43)nc3c2ccc2ccccc23)c1. The van der Waals surface area contributed by atoms with E-state index in [0.29, 0.717) is 5.95 Å². The molecule has 0 aliphatic carbocycles. The molecule has 0 aliphatic rings. The summed E-state index contributed by atoms with van der Waals surface area (Å²) in [6.07, 6.45) is 3.67. The highest BCUT2D eigenvalue weighted by molar-refractivity contribution is 6.23. The van der Waals surface area contributed by atoms with Crippen LogP contribution in [0.5, 0.6) is 0 Å². The second-order valence-electron chi connectivity index (χ2n) is 11.3. The first-order valence-electron chi connectivity index (χ1n) is 14.7. The van der Waals surface area contributed by atoms with Crippen LogP contribution in [0, 0.1) is 0 Å². The normalized spacial score (nSPS) is 12.1. The van der Waals surface area contributed by atoms with E-state index >= 15 is 0 Å². The van der Waals surface area contributed by atoms with Crippen molar-refractivity contribution in [3.05, 3.63) is 134 Å². The number of hydrogen-bond donors (Lipinski definition) is 0. The van der Waals surface area contributed by atoms with Crippen LogP contribution in [0.2, 0.25) is 0 Å². The van der Waals surface area contributed by atoms with E-state index in [1.807, 2.05) is 24.4 Å². The molecule has 0 bridgehead atoms. The molecule has 6 aromatic carbocycles. The largest absolute Gasteiger partial charge is 0.456 e. The Labute approximate surface area is 250 Å². The number of pyridine rings is 1. The Bertz CT molecular complexity index is 2780. The maximum absolute atomic E-state index is 6.26. The predicted molar refractivity (Wildman–Crippen MR) is 179 cm³/mol. The highest BCUT2D eigenvalue weighted by atomic mass is 16.3. The molecule has 4 heterocycles. The van der Waals surface area contributed by atoms with Crippen molar-refractivity contribution in [2.45, 2.75) is 0 Å². The molecule has 44 heavy (non-hydrogen) atoms. The summed E-state index contributed by atoms with van der Waals surface area (Å²) in [5.41, 5.74) is 6.61. The Balaban J connectivity index is 1.38. The van der Waals surface area contributed by atoms with Gasteiger partial charge < -0.3 is 4.42 Å². The number of furan rings is 1. The molecule has 0 saturated heterocycles. The zero-order chi connectivity index (χ0) is 28.8. The van der Waals surface area contributed by atoms with Gasteiger partial charge in [-0.3, -0.25) is 9.55 Å². The summed E-state index contributed by atoms with van der Waals surface area (Å²) in [5, 5.41) is 10.1. The number of benzene rings is 6. The molecule has 10 rings (SSSR count). The topological polar surface area (TPSA) is 56.7 Å². The molecule has 0 aliphatic heterocycles. The lowest BCUT2D eigenvalue weighted by atomic mass is 10.0. The lowest BCUT2D eigenvalue weighted by Gasteiger charge is -2.13. The molecule has 0 radical (unpaired) electrons. The first-order valence-corrected chi connectivity index (χ1v) is 14.7. The number of fused-ring (bicyclic) bond motifs is 11. The lowest BCUT2D eigenvalue weighted by Crippen LogP contribution is -2.04. The minimum Gasteiger partial charge on any atom is -0.456 e. The molecule has 5 heteroatoms. The van der Waals surface area contributed by atoms with E-state index in [-0.39, 0.29) is 0 Å². The highest BCUT2D eigenvalue weighted by Crippen LogP contribution is 2.40. The van der Waals surface area contributed by atoms with Crippen molar-refractivity contribution >= 4 is 76.2 Å². The van der Waals surface area contributed by atoms with Gasteiger partial charge in [0.2, 0.25) is 5.95 Å². The van der Waals surface area contributed by atoms with Gasteiger partial charge in [0.15, 0.2) is 0 Å². The highest BCUT2D eigenvalue weighted by Gasteiger charge is 2.20. The Morgan fingerprint density at radius 3 is 2.25 bits per heavy atom. The minimum absolute atomic E-state index is 0.627. The van der Waals surface area contributed by atoms with E-state index in [2.05, 4.69) is 113 Å². The first kappa shape index (κ1) is 23.5. The third kappa shape index (κ3) is 3.21. The summed E-state index contributed by atoms with van der Waals surface area (Å²) in [7, 11) is 0. The minimum atomic E-state index is 0.627. The third-order valence-corrected chi connectivity index (χ3v) is 8.86. The van der Waals surface area contributed by atoms with Gasteiger partial charge >= 0.3 is 0 Å². The fourth-order valence-corrected chi connectivity index (χ4v) is 6.90. The molecule has 5 nitrogen and oxygen atoms in total. The fourth-order valence-electron chi connectivity index (χ4n) is 6.90. The van der Waals surface area contributed by atoms with Crippen LogP contribution in [0.25, 0.3) is 93.4 Å². The molecule has 204 valence electrons. The number of nitrogens with zero attached hydrogens (tertiary/aromatic N) is 4. The van der Waals surface area contributed by atoms with Crippen molar-refractivity contribution in [1.82, 2.24) is 19.5 Å². The number of rotatable bonds is 2. The Hall–Kier alpha value is -6.07. The standard InChI is InChI=1S/C39H22N4O/c1-2-10-26-23(8-1)15-17-29-37(25-9-7-19-40-22-25)41-39(42-38(26)29)43-32-13-5-3-11-27(32)31-20-24-16-18-35-36(30(24)21-33(31)43)28-12-4-6-14-34(28)44-35/h1-22H. The van der Waals surface area contributed by atoms with Crippen molar-refractivity contribution in [2.75, 3.05) is 0 Å². The number of para-hydroxylation sites is 2. The van der Waals surface area contributed by atoms with Crippen molar-refractivity contribution in [3.8, 4) is 17.2 Å². The Kier molecular flexibility index (Phi) is 4.66. The van der Waals surface area contributed by atoms with Gasteiger partial charge in [-0.2, -0.15) is 0 Å². The second kappa shape index (κ2) is 8.72. The molecule has 0 atom stereocenters. The van der Waals surface area contributed by atoms with Gasteiger partial charge in [0.1, 0.15) is 11.2 Å². The van der Waals surface area contributed by atoms with Crippen molar-refractivity contribution in [1.29, 1.82) is 0 Å². The summed E-state index contributed by atoms with van der Waals surface area (Å²) >= 11 is 0. The Morgan fingerprint density at radius 2 is 1.34 bits per heavy atom. The number of hydrogen-bond acceptors (Lipinski definition) is 4. The number of aromatic nitrogens is 4. The lowest BCUT2D eigenvalue weighted by molar-refractivity contribution is 0.669. The molecule has 4 aromatic heterocycles. The van der Waals surface area contributed by atoms with Crippen molar-refractivity contribution in [3.63, 3.8) is 0 Å². The van der Waals surface area contributed by atoms with Gasteiger partial charge in [-0.25, -0.2) is 9.97 Å². The van der Waals surface area contributed by atoms with Gasteiger partial charge in [-0.15, -0.1) is 0 Å². The monoisotopic (exact) mass is 562 g/mol. The van der Waals surface area contributed by atoms with Crippen LogP contribution in [0.3, 0.4) is 0 Å². The van der Waals surface area contributed by atoms with E-state index in [1.165, 1.54) is 5.39 Å². The van der Waals surface area contributed by atoms with Gasteiger partial charge in [0.05, 0.1) is 22.2 Å².